The zero-order valence-corrected chi connectivity index (χ0v) is 18.1. The number of hydrogen-bond donors (Lipinski definition) is 1. The van der Waals surface area contributed by atoms with Gasteiger partial charge in [-0.05, 0) is 37.0 Å². The first-order valence-corrected chi connectivity index (χ1v) is 10.4. The lowest BCUT2D eigenvalue weighted by molar-refractivity contribution is 0.00713. The summed E-state index contributed by atoms with van der Waals surface area (Å²) in [5.74, 6) is 0.536. The van der Waals surface area contributed by atoms with E-state index >= 15 is 0 Å². The zero-order chi connectivity index (χ0) is 22.4. The Bertz CT molecular complexity index is 795. The molecule has 172 valence electrons. The predicted octanol–water partition coefficient (Wildman–Crippen LogP) is 4.98. The second kappa shape index (κ2) is 10.8. The number of rotatable bonds is 10. The normalized spacial score (nSPS) is 25.0. The fourth-order valence-electron chi connectivity index (χ4n) is 4.42. The molecule has 6 nitrogen and oxygen atoms in total. The van der Waals surface area contributed by atoms with Gasteiger partial charge in [0.2, 0.25) is 6.43 Å². The van der Waals surface area contributed by atoms with Crippen molar-refractivity contribution in [3.8, 4) is 17.2 Å². The van der Waals surface area contributed by atoms with Crippen LogP contribution in [0.5, 0.6) is 17.2 Å². The maximum absolute atomic E-state index is 13.6. The average molecular weight is 440 g/mol. The third-order valence-electron chi connectivity index (χ3n) is 5.78. The molecule has 0 bridgehead atoms. The van der Waals surface area contributed by atoms with Gasteiger partial charge < -0.3 is 28.8 Å². The van der Waals surface area contributed by atoms with Gasteiger partial charge in [0.25, 0.3) is 0 Å². The lowest BCUT2D eigenvalue weighted by Crippen LogP contribution is -2.41. The summed E-state index contributed by atoms with van der Waals surface area (Å²) in [7, 11) is 3.03. The van der Waals surface area contributed by atoms with Crippen molar-refractivity contribution in [1.29, 1.82) is 0 Å². The Morgan fingerprint density at radius 3 is 2.52 bits per heavy atom. The van der Waals surface area contributed by atoms with E-state index in [9.17, 15) is 13.9 Å². The number of fused-ring (bicyclic) bond motifs is 1. The Labute approximate surface area is 181 Å². The van der Waals surface area contributed by atoms with Gasteiger partial charge in [0.15, 0.2) is 25.1 Å². The fraction of sp³-hybridized carbons (Fsp3) is 0.565. The molecule has 0 saturated carbocycles. The van der Waals surface area contributed by atoms with E-state index < -0.39 is 12.3 Å². The van der Waals surface area contributed by atoms with Gasteiger partial charge in [-0.3, -0.25) is 0 Å². The van der Waals surface area contributed by atoms with E-state index in [4.69, 9.17) is 23.7 Å². The van der Waals surface area contributed by atoms with Gasteiger partial charge in [-0.25, -0.2) is 8.78 Å². The quantitative estimate of drug-likeness (QED) is 0.518. The van der Waals surface area contributed by atoms with Crippen LogP contribution in [0.25, 0.3) is 0 Å². The molecule has 2 aliphatic rings. The van der Waals surface area contributed by atoms with Crippen molar-refractivity contribution in [1.82, 2.24) is 0 Å². The van der Waals surface area contributed by atoms with E-state index in [-0.39, 0.29) is 49.4 Å². The van der Waals surface area contributed by atoms with Gasteiger partial charge in [-0.1, -0.05) is 13.0 Å². The second-order valence-corrected chi connectivity index (χ2v) is 7.72. The Kier molecular flexibility index (Phi) is 8.15. The predicted molar refractivity (Wildman–Crippen MR) is 110 cm³/mol. The third kappa shape index (κ3) is 5.49. The van der Waals surface area contributed by atoms with Gasteiger partial charge >= 0.3 is 0 Å². The molecule has 0 fully saturated rings. The number of hydrogen-bond acceptors (Lipinski definition) is 6. The minimum Gasteiger partial charge on any atom is -0.504 e. The molecule has 1 heterocycles. The minimum atomic E-state index is -2.48. The summed E-state index contributed by atoms with van der Waals surface area (Å²) in [6.45, 7) is 2.12. The van der Waals surface area contributed by atoms with Gasteiger partial charge in [0, 0.05) is 44.1 Å². The van der Waals surface area contributed by atoms with Crippen molar-refractivity contribution in [3.63, 3.8) is 0 Å². The highest BCUT2D eigenvalue weighted by Gasteiger charge is 2.43. The van der Waals surface area contributed by atoms with Crippen LogP contribution >= 0.6 is 0 Å². The van der Waals surface area contributed by atoms with E-state index in [2.05, 4.69) is 0 Å². The second-order valence-electron chi connectivity index (χ2n) is 7.72. The van der Waals surface area contributed by atoms with Crippen molar-refractivity contribution >= 4 is 0 Å². The number of halogens is 2. The standard InChI is InChI=1S/C23H30F2O6/c1-4-17-18(11-21(24)25)19-9-16(30-13-28-3)10-20(26)23(19)31-22(17)14-5-7-15(8-6-14)29-12-27-2/h5,7-10,14,17-18,21-22,26H,4,6,11-13H2,1-3H3/t14?,17-,18+,22-/m0/s1. The summed E-state index contributed by atoms with van der Waals surface area (Å²) in [5, 5.41) is 10.6. The number of methoxy groups -OCH3 is 2. The van der Waals surface area contributed by atoms with Gasteiger partial charge in [-0.15, -0.1) is 0 Å². The van der Waals surface area contributed by atoms with Crippen molar-refractivity contribution in [3.05, 3.63) is 41.7 Å². The summed E-state index contributed by atoms with van der Waals surface area (Å²) in [4.78, 5) is 0. The van der Waals surface area contributed by atoms with Crippen LogP contribution in [0.1, 0.15) is 37.7 Å². The molecule has 1 aliphatic carbocycles. The van der Waals surface area contributed by atoms with E-state index in [1.165, 1.54) is 13.2 Å². The Morgan fingerprint density at radius 2 is 1.90 bits per heavy atom. The van der Waals surface area contributed by atoms with Crippen LogP contribution in [-0.2, 0) is 14.2 Å². The van der Waals surface area contributed by atoms with Gasteiger partial charge in [-0.2, -0.15) is 0 Å². The fourth-order valence-corrected chi connectivity index (χ4v) is 4.42. The molecule has 0 amide bonds. The summed E-state index contributed by atoms with van der Waals surface area (Å²) >= 11 is 0. The van der Waals surface area contributed by atoms with Crippen LogP contribution in [0.2, 0.25) is 0 Å². The first-order chi connectivity index (χ1) is 15.0. The first-order valence-electron chi connectivity index (χ1n) is 10.4. The Morgan fingerprint density at radius 1 is 1.16 bits per heavy atom. The third-order valence-corrected chi connectivity index (χ3v) is 5.78. The highest BCUT2D eigenvalue weighted by atomic mass is 19.3. The van der Waals surface area contributed by atoms with Crippen LogP contribution in [0.15, 0.2) is 36.1 Å². The Hall–Kier alpha value is -2.32. The average Bonchev–Trinajstić information content (AvgIpc) is 2.76. The van der Waals surface area contributed by atoms with Crippen molar-refractivity contribution < 1.29 is 37.6 Å². The molecule has 0 aromatic heterocycles. The number of aromatic hydroxyl groups is 1. The molecule has 1 aromatic carbocycles. The highest BCUT2D eigenvalue weighted by Crippen LogP contribution is 2.51. The molecule has 31 heavy (non-hydrogen) atoms. The first kappa shape index (κ1) is 23.3. The topological polar surface area (TPSA) is 66.4 Å². The molecule has 1 aliphatic heterocycles. The maximum Gasteiger partial charge on any atom is 0.239 e. The van der Waals surface area contributed by atoms with Gasteiger partial charge in [0.05, 0.1) is 0 Å². The Balaban J connectivity index is 1.91. The molecular formula is C23H30F2O6. The minimum absolute atomic E-state index is 0.00882. The van der Waals surface area contributed by atoms with E-state index in [0.717, 1.165) is 0 Å². The van der Waals surface area contributed by atoms with Crippen molar-refractivity contribution in [2.75, 3.05) is 27.8 Å². The molecule has 3 rings (SSSR count). The van der Waals surface area contributed by atoms with E-state index in [1.807, 2.05) is 25.2 Å². The van der Waals surface area contributed by atoms with Crippen LogP contribution in [0, 0.1) is 11.8 Å². The SMILES string of the molecule is CC[C@H]1[C@@H](CC(F)F)c2cc(OCOC)cc(O)c2O[C@H]1C1C=CC(OCOC)=CC1. The molecule has 0 spiro atoms. The highest BCUT2D eigenvalue weighted by molar-refractivity contribution is 5.54. The number of phenolic OH excluding ortho intramolecular Hbond substituents is 1. The van der Waals surface area contributed by atoms with E-state index in [0.29, 0.717) is 29.9 Å². The zero-order valence-electron chi connectivity index (χ0n) is 18.1. The molecular weight excluding hydrogens is 410 g/mol. The smallest absolute Gasteiger partial charge is 0.239 e. The largest absolute Gasteiger partial charge is 0.504 e. The van der Waals surface area contributed by atoms with Crippen LogP contribution in [0.3, 0.4) is 0 Å². The number of alkyl halides is 2. The molecule has 0 saturated heterocycles. The molecule has 1 N–H and O–H groups in total. The van der Waals surface area contributed by atoms with E-state index in [1.54, 1.807) is 13.2 Å². The summed E-state index contributed by atoms with van der Waals surface area (Å²) in [5.41, 5.74) is 0.550. The molecule has 1 unspecified atom stereocenters. The lowest BCUT2D eigenvalue weighted by Gasteiger charge is -2.42. The number of ether oxygens (including phenoxy) is 5. The molecule has 4 atom stereocenters. The van der Waals surface area contributed by atoms with Crippen LogP contribution in [0.4, 0.5) is 8.78 Å². The number of benzene rings is 1. The van der Waals surface area contributed by atoms with Gasteiger partial charge in [0.1, 0.15) is 17.6 Å². The van der Waals surface area contributed by atoms with Crippen LogP contribution < -0.4 is 9.47 Å². The monoisotopic (exact) mass is 440 g/mol. The summed E-state index contributed by atoms with van der Waals surface area (Å²) in [6, 6.07) is 3.10. The van der Waals surface area contributed by atoms with Crippen molar-refractivity contribution in [2.24, 2.45) is 11.8 Å². The lowest BCUT2D eigenvalue weighted by atomic mass is 9.72. The number of allylic oxidation sites excluding steroid dienone is 2. The summed E-state index contributed by atoms with van der Waals surface area (Å²) < 4.78 is 54.1. The summed E-state index contributed by atoms with van der Waals surface area (Å²) in [6.07, 6.45) is 3.93. The molecule has 0 radical (unpaired) electrons. The van der Waals surface area contributed by atoms with Crippen LogP contribution in [-0.4, -0.2) is 45.4 Å². The molecule has 1 aromatic rings. The van der Waals surface area contributed by atoms with Crippen molar-refractivity contribution in [2.45, 2.75) is 44.6 Å². The maximum atomic E-state index is 13.6. The molecule has 8 heteroatoms. The number of phenols is 1.